The zero-order chi connectivity index (χ0) is 12.3. The Bertz CT molecular complexity index is 490. The molecule has 0 spiro atoms. The maximum Gasteiger partial charge on any atom is 0.318 e. The Balaban J connectivity index is 2.91. The molecule has 0 saturated carbocycles. The topological polar surface area (TPSA) is 89.3 Å². The SMILES string of the molecule is CCn1nc(C)cc1CS(=O)(=O)CC(=O)O. The summed E-state index contributed by atoms with van der Waals surface area (Å²) in [5, 5.41) is 12.6. The second-order valence-corrected chi connectivity index (χ2v) is 5.58. The summed E-state index contributed by atoms with van der Waals surface area (Å²) in [7, 11) is -3.61. The first kappa shape index (κ1) is 12.7. The molecular weight excluding hydrogens is 232 g/mol. The van der Waals surface area contributed by atoms with Gasteiger partial charge in [-0.15, -0.1) is 0 Å². The summed E-state index contributed by atoms with van der Waals surface area (Å²) < 4.78 is 24.5. The van der Waals surface area contributed by atoms with Gasteiger partial charge in [0.2, 0.25) is 0 Å². The molecule has 16 heavy (non-hydrogen) atoms. The van der Waals surface area contributed by atoms with Crippen LogP contribution >= 0.6 is 0 Å². The molecule has 0 aliphatic carbocycles. The summed E-state index contributed by atoms with van der Waals surface area (Å²) in [6.07, 6.45) is 0. The Morgan fingerprint density at radius 3 is 2.69 bits per heavy atom. The number of sulfone groups is 1. The van der Waals surface area contributed by atoms with Gasteiger partial charge in [-0.05, 0) is 19.9 Å². The number of aliphatic carboxylic acids is 1. The van der Waals surface area contributed by atoms with Crippen molar-refractivity contribution in [1.29, 1.82) is 0 Å². The maximum atomic E-state index is 11.5. The van der Waals surface area contributed by atoms with Crippen LogP contribution in [0, 0.1) is 6.92 Å². The highest BCUT2D eigenvalue weighted by molar-refractivity contribution is 7.91. The number of carboxylic acids is 1. The van der Waals surface area contributed by atoms with E-state index in [0.29, 0.717) is 12.2 Å². The Kier molecular flexibility index (Phi) is 3.69. The molecule has 6 nitrogen and oxygen atoms in total. The first-order valence-electron chi connectivity index (χ1n) is 4.79. The molecule has 90 valence electrons. The summed E-state index contributed by atoms with van der Waals surface area (Å²) in [6.45, 7) is 4.17. The number of aryl methyl sites for hydroxylation is 2. The second-order valence-electron chi connectivity index (χ2n) is 3.52. The average Bonchev–Trinajstić information content (AvgIpc) is 2.42. The van der Waals surface area contributed by atoms with Gasteiger partial charge >= 0.3 is 5.97 Å². The van der Waals surface area contributed by atoms with Crippen molar-refractivity contribution in [3.8, 4) is 0 Å². The van der Waals surface area contributed by atoms with Gasteiger partial charge in [-0.3, -0.25) is 9.48 Å². The van der Waals surface area contributed by atoms with Crippen molar-refractivity contribution in [2.24, 2.45) is 0 Å². The van der Waals surface area contributed by atoms with Crippen LogP contribution in [-0.2, 0) is 26.9 Å². The number of carbonyl (C=O) groups is 1. The smallest absolute Gasteiger partial charge is 0.318 e. The van der Waals surface area contributed by atoms with E-state index >= 15 is 0 Å². The van der Waals surface area contributed by atoms with Gasteiger partial charge in [0.25, 0.3) is 0 Å². The van der Waals surface area contributed by atoms with Crippen molar-refractivity contribution in [2.45, 2.75) is 26.1 Å². The molecule has 7 heteroatoms. The molecule has 0 fully saturated rings. The molecule has 0 aromatic carbocycles. The first-order valence-corrected chi connectivity index (χ1v) is 6.61. The highest BCUT2D eigenvalue weighted by Gasteiger charge is 2.19. The van der Waals surface area contributed by atoms with Crippen molar-refractivity contribution in [3.63, 3.8) is 0 Å². The fourth-order valence-corrected chi connectivity index (χ4v) is 2.61. The third kappa shape index (κ3) is 3.34. The molecule has 0 unspecified atom stereocenters. The molecule has 1 aromatic rings. The molecule has 0 bridgehead atoms. The molecule has 1 rings (SSSR count). The number of hydrogen-bond acceptors (Lipinski definition) is 4. The normalized spacial score (nSPS) is 11.6. The fraction of sp³-hybridized carbons (Fsp3) is 0.556. The third-order valence-electron chi connectivity index (χ3n) is 2.00. The summed E-state index contributed by atoms with van der Waals surface area (Å²) in [6, 6.07) is 1.66. The number of hydrogen-bond donors (Lipinski definition) is 1. The molecule has 0 saturated heterocycles. The molecule has 0 aliphatic rings. The van der Waals surface area contributed by atoms with Crippen molar-refractivity contribution >= 4 is 15.8 Å². The van der Waals surface area contributed by atoms with Crippen LogP contribution < -0.4 is 0 Å². The summed E-state index contributed by atoms with van der Waals surface area (Å²) in [5.74, 6) is -2.46. The monoisotopic (exact) mass is 246 g/mol. The van der Waals surface area contributed by atoms with Crippen molar-refractivity contribution in [2.75, 3.05) is 5.75 Å². The van der Waals surface area contributed by atoms with E-state index in [2.05, 4.69) is 5.10 Å². The van der Waals surface area contributed by atoms with E-state index in [-0.39, 0.29) is 5.75 Å². The summed E-state index contributed by atoms with van der Waals surface area (Å²) in [4.78, 5) is 10.4. The number of aromatic nitrogens is 2. The van der Waals surface area contributed by atoms with Gasteiger partial charge in [-0.2, -0.15) is 5.10 Å². The van der Waals surface area contributed by atoms with E-state index in [1.807, 2.05) is 6.92 Å². The molecule has 0 amide bonds. The average molecular weight is 246 g/mol. The second kappa shape index (κ2) is 4.65. The summed E-state index contributed by atoms with van der Waals surface area (Å²) >= 11 is 0. The number of nitrogens with zero attached hydrogens (tertiary/aromatic N) is 2. The molecular formula is C9H14N2O4S. The minimum atomic E-state index is -3.61. The third-order valence-corrected chi connectivity index (χ3v) is 3.42. The van der Waals surface area contributed by atoms with Crippen LogP contribution in [0.25, 0.3) is 0 Å². The summed E-state index contributed by atoms with van der Waals surface area (Å²) in [5.41, 5.74) is 1.25. The minimum Gasteiger partial charge on any atom is -0.480 e. The van der Waals surface area contributed by atoms with Gasteiger partial charge in [-0.25, -0.2) is 8.42 Å². The lowest BCUT2D eigenvalue weighted by Crippen LogP contribution is -2.18. The van der Waals surface area contributed by atoms with Crippen LogP contribution in [0.2, 0.25) is 0 Å². The molecule has 1 heterocycles. The first-order chi connectivity index (χ1) is 7.34. The zero-order valence-corrected chi connectivity index (χ0v) is 9.99. The Morgan fingerprint density at radius 2 is 2.19 bits per heavy atom. The van der Waals surface area contributed by atoms with Crippen LogP contribution in [-0.4, -0.2) is 35.0 Å². The number of rotatable bonds is 5. The number of carboxylic acid groups (broad SMARTS) is 1. The van der Waals surface area contributed by atoms with Crippen molar-refractivity contribution in [3.05, 3.63) is 17.5 Å². The fourth-order valence-electron chi connectivity index (χ4n) is 1.45. The highest BCUT2D eigenvalue weighted by Crippen LogP contribution is 2.09. The van der Waals surface area contributed by atoms with E-state index in [1.54, 1.807) is 17.7 Å². The predicted octanol–water partition coefficient (Wildman–Crippen LogP) is 0.211. The minimum absolute atomic E-state index is 0.284. The molecule has 0 radical (unpaired) electrons. The molecule has 0 aliphatic heterocycles. The van der Waals surface area contributed by atoms with Crippen molar-refractivity contribution < 1.29 is 18.3 Å². The lowest BCUT2D eigenvalue weighted by Gasteiger charge is -2.04. The quantitative estimate of drug-likeness (QED) is 0.802. The zero-order valence-electron chi connectivity index (χ0n) is 9.17. The Labute approximate surface area is 93.8 Å². The Morgan fingerprint density at radius 1 is 1.56 bits per heavy atom. The van der Waals surface area contributed by atoms with Crippen LogP contribution in [0.1, 0.15) is 18.3 Å². The van der Waals surface area contributed by atoms with Crippen LogP contribution in [0.3, 0.4) is 0 Å². The lowest BCUT2D eigenvalue weighted by atomic mass is 10.4. The van der Waals surface area contributed by atoms with Crippen LogP contribution in [0.5, 0.6) is 0 Å². The predicted molar refractivity (Wildman–Crippen MR) is 57.8 cm³/mol. The van der Waals surface area contributed by atoms with Crippen LogP contribution in [0.15, 0.2) is 6.07 Å². The lowest BCUT2D eigenvalue weighted by molar-refractivity contribution is -0.134. The van der Waals surface area contributed by atoms with E-state index in [1.165, 1.54) is 0 Å². The van der Waals surface area contributed by atoms with Crippen molar-refractivity contribution in [1.82, 2.24) is 9.78 Å². The van der Waals surface area contributed by atoms with Gasteiger partial charge < -0.3 is 5.11 Å². The van der Waals surface area contributed by atoms with Gasteiger partial charge in [0.05, 0.1) is 17.1 Å². The van der Waals surface area contributed by atoms with Gasteiger partial charge in [0.1, 0.15) is 5.75 Å². The molecule has 1 N–H and O–H groups in total. The van der Waals surface area contributed by atoms with E-state index < -0.39 is 21.6 Å². The molecule has 1 aromatic heterocycles. The van der Waals surface area contributed by atoms with E-state index in [0.717, 1.165) is 5.69 Å². The Hall–Kier alpha value is -1.37. The van der Waals surface area contributed by atoms with E-state index in [4.69, 9.17) is 5.11 Å². The molecule has 0 atom stereocenters. The largest absolute Gasteiger partial charge is 0.480 e. The van der Waals surface area contributed by atoms with Gasteiger partial charge in [0, 0.05) is 6.54 Å². The standard InChI is InChI=1S/C9H14N2O4S/c1-3-11-8(4-7(2)10-11)5-16(14,15)6-9(12)13/h4H,3,5-6H2,1-2H3,(H,12,13). The highest BCUT2D eigenvalue weighted by atomic mass is 32.2. The van der Waals surface area contributed by atoms with Crippen LogP contribution in [0.4, 0.5) is 0 Å². The maximum absolute atomic E-state index is 11.5. The van der Waals surface area contributed by atoms with E-state index in [9.17, 15) is 13.2 Å². The van der Waals surface area contributed by atoms with Gasteiger partial charge in [-0.1, -0.05) is 0 Å². The van der Waals surface area contributed by atoms with Gasteiger partial charge in [0.15, 0.2) is 9.84 Å².